The maximum atomic E-state index is 8.97. The lowest BCUT2D eigenvalue weighted by Gasteiger charge is -2.31. The Morgan fingerprint density at radius 2 is 2.33 bits per heavy atom. The van der Waals surface area contributed by atoms with Crippen molar-refractivity contribution >= 4 is 17.2 Å². The number of aliphatic hydroxyl groups excluding tert-OH is 1. The van der Waals surface area contributed by atoms with E-state index < -0.39 is 0 Å². The zero-order chi connectivity index (χ0) is 11.1. The van der Waals surface area contributed by atoms with E-state index in [0.29, 0.717) is 4.99 Å². The predicted octanol–water partition coefficient (Wildman–Crippen LogP) is 0.136. The van der Waals surface area contributed by atoms with Crippen LogP contribution in [0.5, 0.6) is 0 Å². The Kier molecular flexibility index (Phi) is 6.09. The minimum atomic E-state index is -0.00525. The molecule has 0 bridgehead atoms. The van der Waals surface area contributed by atoms with Crippen LogP contribution in [0.3, 0.4) is 0 Å². The molecule has 1 aliphatic heterocycles. The van der Waals surface area contributed by atoms with E-state index in [1.165, 1.54) is 0 Å². The average molecular weight is 232 g/mol. The highest BCUT2D eigenvalue weighted by Crippen LogP contribution is 2.06. The monoisotopic (exact) mass is 232 g/mol. The Morgan fingerprint density at radius 3 is 3.00 bits per heavy atom. The van der Waals surface area contributed by atoms with Gasteiger partial charge in [-0.2, -0.15) is 0 Å². The van der Waals surface area contributed by atoms with E-state index in [2.05, 4.69) is 4.90 Å². The van der Waals surface area contributed by atoms with Crippen molar-refractivity contribution in [2.45, 2.75) is 25.4 Å². The summed E-state index contributed by atoms with van der Waals surface area (Å²) in [6.45, 7) is 3.68. The Balaban J connectivity index is 2.07. The number of rotatable bonds is 6. The molecule has 5 heteroatoms. The summed E-state index contributed by atoms with van der Waals surface area (Å²) in [6, 6.07) is 0. The van der Waals surface area contributed by atoms with E-state index in [0.717, 1.165) is 45.5 Å². The van der Waals surface area contributed by atoms with Gasteiger partial charge in [-0.1, -0.05) is 12.2 Å². The molecule has 4 nitrogen and oxygen atoms in total. The maximum Gasteiger partial charge on any atom is 0.0932 e. The first-order valence-electron chi connectivity index (χ1n) is 5.45. The molecule has 1 fully saturated rings. The van der Waals surface area contributed by atoms with E-state index in [4.69, 9.17) is 27.8 Å². The fourth-order valence-electron chi connectivity index (χ4n) is 1.73. The van der Waals surface area contributed by atoms with Gasteiger partial charge in [-0.15, -0.1) is 0 Å². The third-order valence-corrected chi connectivity index (χ3v) is 2.78. The average Bonchev–Trinajstić information content (AvgIpc) is 2.24. The zero-order valence-corrected chi connectivity index (χ0v) is 9.84. The largest absolute Gasteiger partial charge is 0.394 e. The molecule has 1 unspecified atom stereocenters. The van der Waals surface area contributed by atoms with Gasteiger partial charge in [-0.25, -0.2) is 0 Å². The van der Waals surface area contributed by atoms with Gasteiger partial charge in [-0.05, 0) is 25.8 Å². The van der Waals surface area contributed by atoms with Gasteiger partial charge in [0.25, 0.3) is 0 Å². The summed E-state index contributed by atoms with van der Waals surface area (Å²) in [6.07, 6.45) is 2.99. The molecule has 1 atom stereocenters. The van der Waals surface area contributed by atoms with Crippen molar-refractivity contribution in [1.82, 2.24) is 4.90 Å². The SMILES string of the molecule is NC(=S)CCCCN1CCOC(CO)C1. The molecule has 0 saturated carbocycles. The van der Waals surface area contributed by atoms with Gasteiger partial charge in [0.15, 0.2) is 0 Å². The number of unbranched alkanes of at least 4 members (excludes halogenated alkanes) is 1. The molecule has 0 aromatic rings. The molecule has 1 heterocycles. The Hall–Kier alpha value is -0.230. The first-order valence-corrected chi connectivity index (χ1v) is 5.86. The molecular weight excluding hydrogens is 212 g/mol. The van der Waals surface area contributed by atoms with Crippen LogP contribution in [0.2, 0.25) is 0 Å². The van der Waals surface area contributed by atoms with Gasteiger partial charge >= 0.3 is 0 Å². The van der Waals surface area contributed by atoms with Crippen molar-refractivity contribution in [3.05, 3.63) is 0 Å². The molecule has 0 amide bonds. The van der Waals surface area contributed by atoms with Crippen molar-refractivity contribution in [3.63, 3.8) is 0 Å². The van der Waals surface area contributed by atoms with Crippen molar-refractivity contribution < 1.29 is 9.84 Å². The third-order valence-electron chi connectivity index (χ3n) is 2.57. The second-order valence-electron chi connectivity index (χ2n) is 3.90. The predicted molar refractivity (Wildman–Crippen MR) is 63.9 cm³/mol. The summed E-state index contributed by atoms with van der Waals surface area (Å²) >= 11 is 4.81. The summed E-state index contributed by atoms with van der Waals surface area (Å²) in [5.41, 5.74) is 5.42. The highest BCUT2D eigenvalue weighted by atomic mass is 32.1. The molecule has 3 N–H and O–H groups in total. The maximum absolute atomic E-state index is 8.97. The molecule has 0 aromatic carbocycles. The fourth-order valence-corrected chi connectivity index (χ4v) is 1.87. The van der Waals surface area contributed by atoms with Crippen LogP contribution in [-0.2, 0) is 4.74 Å². The lowest BCUT2D eigenvalue weighted by Crippen LogP contribution is -2.44. The van der Waals surface area contributed by atoms with Crippen LogP contribution in [0.15, 0.2) is 0 Å². The van der Waals surface area contributed by atoms with Gasteiger partial charge in [-0.3, -0.25) is 4.90 Å². The highest BCUT2D eigenvalue weighted by Gasteiger charge is 2.18. The van der Waals surface area contributed by atoms with Gasteiger partial charge in [0.05, 0.1) is 24.3 Å². The van der Waals surface area contributed by atoms with E-state index in [9.17, 15) is 0 Å². The van der Waals surface area contributed by atoms with E-state index in [1.807, 2.05) is 0 Å². The van der Waals surface area contributed by atoms with Crippen LogP contribution in [-0.4, -0.2) is 53.9 Å². The summed E-state index contributed by atoms with van der Waals surface area (Å²) in [5, 5.41) is 8.97. The lowest BCUT2D eigenvalue weighted by atomic mass is 10.2. The summed E-state index contributed by atoms with van der Waals surface area (Å²) < 4.78 is 5.37. The minimum absolute atomic E-state index is 0.00525. The Morgan fingerprint density at radius 1 is 1.53 bits per heavy atom. The molecule has 0 spiro atoms. The van der Waals surface area contributed by atoms with Crippen molar-refractivity contribution in [2.24, 2.45) is 5.73 Å². The molecule has 1 saturated heterocycles. The van der Waals surface area contributed by atoms with Crippen LogP contribution in [0.4, 0.5) is 0 Å². The van der Waals surface area contributed by atoms with E-state index in [1.54, 1.807) is 0 Å². The lowest BCUT2D eigenvalue weighted by molar-refractivity contribution is -0.0528. The fraction of sp³-hybridized carbons (Fsp3) is 0.900. The van der Waals surface area contributed by atoms with Crippen LogP contribution in [0, 0.1) is 0 Å². The second-order valence-corrected chi connectivity index (χ2v) is 4.42. The van der Waals surface area contributed by atoms with Crippen LogP contribution in [0.25, 0.3) is 0 Å². The van der Waals surface area contributed by atoms with Gasteiger partial charge in [0, 0.05) is 13.1 Å². The molecule has 0 aromatic heterocycles. The normalized spacial score (nSPS) is 22.9. The molecule has 15 heavy (non-hydrogen) atoms. The molecule has 1 rings (SSSR count). The smallest absolute Gasteiger partial charge is 0.0932 e. The van der Waals surface area contributed by atoms with Crippen LogP contribution < -0.4 is 5.73 Å². The topological polar surface area (TPSA) is 58.7 Å². The molecular formula is C10H20N2O2S. The minimum Gasteiger partial charge on any atom is -0.394 e. The standard InChI is InChI=1S/C10H20N2O2S/c11-10(15)3-1-2-4-12-5-6-14-9(7-12)8-13/h9,13H,1-8H2,(H2,11,15). The number of morpholine rings is 1. The van der Waals surface area contributed by atoms with Crippen LogP contribution >= 0.6 is 12.2 Å². The number of hydrogen-bond donors (Lipinski definition) is 2. The summed E-state index contributed by atoms with van der Waals surface area (Å²) in [4.78, 5) is 2.93. The second kappa shape index (κ2) is 7.11. The molecule has 0 radical (unpaired) electrons. The quantitative estimate of drug-likeness (QED) is 0.504. The van der Waals surface area contributed by atoms with E-state index >= 15 is 0 Å². The highest BCUT2D eigenvalue weighted by molar-refractivity contribution is 7.80. The first-order chi connectivity index (χ1) is 7.22. The Bertz CT molecular complexity index is 202. The van der Waals surface area contributed by atoms with Crippen LogP contribution in [0.1, 0.15) is 19.3 Å². The van der Waals surface area contributed by atoms with Gasteiger partial charge in [0.2, 0.25) is 0 Å². The summed E-state index contributed by atoms with van der Waals surface area (Å²) in [7, 11) is 0. The summed E-state index contributed by atoms with van der Waals surface area (Å²) in [5.74, 6) is 0. The third kappa shape index (κ3) is 5.41. The van der Waals surface area contributed by atoms with Crippen molar-refractivity contribution in [2.75, 3.05) is 32.8 Å². The Labute approximate surface area is 96.4 Å². The number of aliphatic hydroxyl groups is 1. The number of nitrogens with two attached hydrogens (primary N) is 1. The molecule has 0 aliphatic carbocycles. The first kappa shape index (κ1) is 12.8. The van der Waals surface area contributed by atoms with Crippen molar-refractivity contribution in [1.29, 1.82) is 0 Å². The van der Waals surface area contributed by atoms with Gasteiger partial charge < -0.3 is 15.6 Å². The number of nitrogens with zero attached hydrogens (tertiary/aromatic N) is 1. The van der Waals surface area contributed by atoms with Gasteiger partial charge in [0.1, 0.15) is 0 Å². The van der Waals surface area contributed by atoms with E-state index in [-0.39, 0.29) is 12.7 Å². The zero-order valence-electron chi connectivity index (χ0n) is 9.02. The number of thiocarbonyl (C=S) groups is 1. The number of hydrogen-bond acceptors (Lipinski definition) is 4. The number of ether oxygens (including phenoxy) is 1. The molecule has 88 valence electrons. The van der Waals surface area contributed by atoms with Crippen molar-refractivity contribution in [3.8, 4) is 0 Å². The molecule has 1 aliphatic rings.